The van der Waals surface area contributed by atoms with E-state index in [0.717, 1.165) is 21.8 Å². The molecular formula is C17H25BrClNO. The normalized spacial score (nSPS) is 18.7. The molecule has 0 bridgehead atoms. The van der Waals surface area contributed by atoms with Crippen LogP contribution in [-0.4, -0.2) is 13.7 Å². The highest BCUT2D eigenvalue weighted by molar-refractivity contribution is 9.10. The highest BCUT2D eigenvalue weighted by Crippen LogP contribution is 2.52. The lowest BCUT2D eigenvalue weighted by molar-refractivity contribution is 0.185. The summed E-state index contributed by atoms with van der Waals surface area (Å²) in [6, 6.07) is 4.26. The van der Waals surface area contributed by atoms with Gasteiger partial charge in [-0.25, -0.2) is 0 Å². The first-order valence-corrected chi connectivity index (χ1v) is 9.01. The molecule has 1 saturated carbocycles. The van der Waals surface area contributed by atoms with Gasteiger partial charge in [-0.1, -0.05) is 38.3 Å². The van der Waals surface area contributed by atoms with Crippen molar-refractivity contribution in [2.24, 2.45) is 5.41 Å². The number of hydrogen-bond donors (Lipinski definition) is 1. The van der Waals surface area contributed by atoms with Crippen molar-refractivity contribution in [2.75, 3.05) is 13.7 Å². The Labute approximate surface area is 141 Å². The van der Waals surface area contributed by atoms with Crippen molar-refractivity contribution in [1.82, 2.24) is 5.32 Å². The third-order valence-electron chi connectivity index (χ3n) is 4.88. The monoisotopic (exact) mass is 373 g/mol. The van der Waals surface area contributed by atoms with Crippen LogP contribution in [0.1, 0.15) is 57.6 Å². The van der Waals surface area contributed by atoms with Crippen LogP contribution in [0.3, 0.4) is 0 Å². The topological polar surface area (TPSA) is 21.3 Å². The van der Waals surface area contributed by atoms with Crippen LogP contribution < -0.4 is 10.1 Å². The highest BCUT2D eigenvalue weighted by atomic mass is 79.9. The smallest absolute Gasteiger partial charge is 0.137 e. The summed E-state index contributed by atoms with van der Waals surface area (Å²) >= 11 is 9.89. The number of nitrogens with one attached hydrogen (secondary N) is 1. The summed E-state index contributed by atoms with van der Waals surface area (Å²) in [5, 5.41) is 4.46. The van der Waals surface area contributed by atoms with Crippen molar-refractivity contribution in [3.05, 3.63) is 27.2 Å². The van der Waals surface area contributed by atoms with E-state index in [0.29, 0.717) is 11.5 Å². The second kappa shape index (κ2) is 7.34. The molecule has 1 N–H and O–H groups in total. The second-order valence-electron chi connectivity index (χ2n) is 5.92. The van der Waals surface area contributed by atoms with Crippen LogP contribution in [0.4, 0.5) is 0 Å². The second-order valence-corrected chi connectivity index (χ2v) is 7.21. The van der Waals surface area contributed by atoms with Crippen LogP contribution in [0.15, 0.2) is 16.6 Å². The number of methoxy groups -OCH3 is 1. The van der Waals surface area contributed by atoms with Crippen LogP contribution >= 0.6 is 27.5 Å². The number of hydrogen-bond acceptors (Lipinski definition) is 2. The Bertz CT molecular complexity index is 486. The lowest BCUT2D eigenvalue weighted by Gasteiger charge is -2.38. The van der Waals surface area contributed by atoms with E-state index in [1.54, 1.807) is 7.11 Å². The molecule has 118 valence electrons. The summed E-state index contributed by atoms with van der Waals surface area (Å²) < 4.78 is 6.59. The standard InChI is InChI=1S/C17H25BrClNO/c1-4-17(8-6-7-9-17)16(20-5-2)13-10-12(19)11-14(18)15(13)21-3/h10-11,16,20H,4-9H2,1-3H3. The third kappa shape index (κ3) is 3.40. The minimum absolute atomic E-state index is 0.292. The van der Waals surface area contributed by atoms with Gasteiger partial charge in [0.15, 0.2) is 0 Å². The molecule has 4 heteroatoms. The zero-order chi connectivity index (χ0) is 15.5. The number of rotatable bonds is 6. The Morgan fingerprint density at radius 1 is 1.33 bits per heavy atom. The Balaban J connectivity index is 2.52. The molecule has 0 saturated heterocycles. The molecule has 1 unspecified atom stereocenters. The van der Waals surface area contributed by atoms with E-state index in [1.807, 2.05) is 6.07 Å². The van der Waals surface area contributed by atoms with E-state index < -0.39 is 0 Å². The van der Waals surface area contributed by atoms with Gasteiger partial charge in [0.05, 0.1) is 11.6 Å². The molecule has 0 amide bonds. The van der Waals surface area contributed by atoms with E-state index in [-0.39, 0.29) is 0 Å². The summed E-state index contributed by atoms with van der Waals surface area (Å²) in [6.45, 7) is 5.42. The predicted octanol–water partition coefficient (Wildman–Crippen LogP) is 5.73. The maximum absolute atomic E-state index is 6.31. The molecular weight excluding hydrogens is 350 g/mol. The van der Waals surface area contributed by atoms with Crippen molar-refractivity contribution in [3.63, 3.8) is 0 Å². The van der Waals surface area contributed by atoms with E-state index >= 15 is 0 Å². The van der Waals surface area contributed by atoms with Crippen molar-refractivity contribution in [2.45, 2.75) is 52.0 Å². The van der Waals surface area contributed by atoms with Crippen molar-refractivity contribution in [3.8, 4) is 5.75 Å². The summed E-state index contributed by atoms with van der Waals surface area (Å²) in [5.74, 6) is 0.907. The molecule has 1 aromatic rings. The van der Waals surface area contributed by atoms with Crippen molar-refractivity contribution >= 4 is 27.5 Å². The molecule has 2 nitrogen and oxygen atoms in total. The van der Waals surface area contributed by atoms with E-state index in [2.05, 4.69) is 41.2 Å². The van der Waals surface area contributed by atoms with Gasteiger partial charge in [0.25, 0.3) is 0 Å². The fraction of sp³-hybridized carbons (Fsp3) is 0.647. The Hall–Kier alpha value is -0.250. The molecule has 1 aliphatic rings. The van der Waals surface area contributed by atoms with Crippen molar-refractivity contribution < 1.29 is 4.74 Å². The Kier molecular flexibility index (Phi) is 5.98. The number of ether oxygens (including phenoxy) is 1. The Morgan fingerprint density at radius 2 is 2.00 bits per heavy atom. The minimum Gasteiger partial charge on any atom is -0.495 e. The van der Waals surface area contributed by atoms with Gasteiger partial charge >= 0.3 is 0 Å². The van der Waals surface area contributed by atoms with E-state index in [4.69, 9.17) is 16.3 Å². The summed E-state index contributed by atoms with van der Waals surface area (Å²) in [5.41, 5.74) is 1.50. The van der Waals surface area contributed by atoms with Gasteiger partial charge in [0.2, 0.25) is 0 Å². The van der Waals surface area contributed by atoms with Crippen LogP contribution in [0.25, 0.3) is 0 Å². The molecule has 0 spiro atoms. The molecule has 0 aliphatic heterocycles. The van der Waals surface area contributed by atoms with Gasteiger partial charge in [-0.3, -0.25) is 0 Å². The quantitative estimate of drug-likeness (QED) is 0.686. The van der Waals surface area contributed by atoms with Gasteiger partial charge in [-0.2, -0.15) is 0 Å². The van der Waals surface area contributed by atoms with E-state index in [1.165, 1.54) is 37.7 Å². The molecule has 1 aromatic carbocycles. The third-order valence-corrected chi connectivity index (χ3v) is 5.68. The largest absolute Gasteiger partial charge is 0.495 e. The summed E-state index contributed by atoms with van der Waals surface area (Å²) in [4.78, 5) is 0. The van der Waals surface area contributed by atoms with Gasteiger partial charge in [0, 0.05) is 16.6 Å². The number of benzene rings is 1. The van der Waals surface area contributed by atoms with Gasteiger partial charge in [0.1, 0.15) is 5.75 Å². The molecule has 2 rings (SSSR count). The first-order chi connectivity index (χ1) is 10.1. The van der Waals surface area contributed by atoms with Crippen LogP contribution in [-0.2, 0) is 0 Å². The number of halogens is 2. The molecule has 1 fully saturated rings. The fourth-order valence-corrected chi connectivity index (χ4v) is 4.79. The van der Waals surface area contributed by atoms with Gasteiger partial charge in [-0.15, -0.1) is 0 Å². The highest BCUT2D eigenvalue weighted by Gasteiger charge is 2.41. The zero-order valence-corrected chi connectivity index (χ0v) is 15.5. The first kappa shape index (κ1) is 17.1. The van der Waals surface area contributed by atoms with E-state index in [9.17, 15) is 0 Å². The average Bonchev–Trinajstić information content (AvgIpc) is 2.94. The fourth-order valence-electron chi connectivity index (χ4n) is 3.80. The minimum atomic E-state index is 0.292. The predicted molar refractivity (Wildman–Crippen MR) is 93.3 cm³/mol. The van der Waals surface area contributed by atoms with Gasteiger partial charge < -0.3 is 10.1 Å². The average molecular weight is 375 g/mol. The summed E-state index contributed by atoms with van der Waals surface area (Å²) in [7, 11) is 1.73. The van der Waals surface area contributed by atoms with Crippen LogP contribution in [0.2, 0.25) is 5.02 Å². The Morgan fingerprint density at radius 3 is 2.52 bits per heavy atom. The lowest BCUT2D eigenvalue weighted by atomic mass is 9.73. The van der Waals surface area contributed by atoms with Crippen molar-refractivity contribution in [1.29, 1.82) is 0 Å². The molecule has 1 atom stereocenters. The maximum Gasteiger partial charge on any atom is 0.137 e. The maximum atomic E-state index is 6.31. The van der Waals surface area contributed by atoms with Gasteiger partial charge in [-0.05, 0) is 59.3 Å². The summed E-state index contributed by atoms with van der Waals surface area (Å²) in [6.07, 6.45) is 6.36. The SMILES string of the molecule is CCNC(c1cc(Cl)cc(Br)c1OC)C1(CC)CCCC1. The van der Waals surface area contributed by atoms with Crippen LogP contribution in [0.5, 0.6) is 5.75 Å². The molecule has 0 radical (unpaired) electrons. The van der Waals surface area contributed by atoms with Crippen LogP contribution in [0, 0.1) is 5.41 Å². The first-order valence-electron chi connectivity index (χ1n) is 7.84. The molecule has 21 heavy (non-hydrogen) atoms. The molecule has 1 aliphatic carbocycles. The molecule has 0 aromatic heterocycles. The molecule has 0 heterocycles. The zero-order valence-electron chi connectivity index (χ0n) is 13.1. The lowest BCUT2D eigenvalue weighted by Crippen LogP contribution is -2.36.